The zero-order valence-corrected chi connectivity index (χ0v) is 17.9. The van der Waals surface area contributed by atoms with Gasteiger partial charge in [-0.05, 0) is 61.9 Å². The number of hydrogen-bond acceptors (Lipinski definition) is 4. The molecule has 4 atom stereocenters. The molecule has 7 nitrogen and oxygen atoms in total. The number of likely N-dealkylation sites (tertiary alicyclic amines) is 1. The number of urea groups is 1. The number of rotatable bonds is 4. The van der Waals surface area contributed by atoms with E-state index in [1.807, 2.05) is 42.4 Å². The number of aromatic nitrogens is 3. The molecule has 2 amide bonds. The molecule has 0 unspecified atom stereocenters. The number of carbonyl (C=O) groups excluding carboxylic acids is 1. The summed E-state index contributed by atoms with van der Waals surface area (Å²) in [6.07, 6.45) is 7.23. The number of halogens is 1. The normalized spacial score (nSPS) is 24.8. The number of carbonyl (C=O) groups is 1. The summed E-state index contributed by atoms with van der Waals surface area (Å²) >= 11 is 0. The Labute approximate surface area is 186 Å². The van der Waals surface area contributed by atoms with Gasteiger partial charge in [0.15, 0.2) is 0 Å². The molecule has 1 aliphatic heterocycles. The quantitative estimate of drug-likeness (QED) is 0.664. The number of aryl methyl sites for hydroxylation is 1. The minimum atomic E-state index is -0.324. The van der Waals surface area contributed by atoms with Gasteiger partial charge >= 0.3 is 6.03 Å². The van der Waals surface area contributed by atoms with Gasteiger partial charge in [-0.2, -0.15) is 0 Å². The molecule has 0 spiro atoms. The van der Waals surface area contributed by atoms with Gasteiger partial charge in [-0.1, -0.05) is 6.07 Å². The van der Waals surface area contributed by atoms with Crippen molar-refractivity contribution in [2.75, 3.05) is 18.4 Å². The fraction of sp³-hybridized carbons (Fsp3) is 0.375. The van der Waals surface area contributed by atoms with Gasteiger partial charge in [0.2, 0.25) is 5.88 Å². The van der Waals surface area contributed by atoms with Crippen LogP contribution < -0.4 is 10.1 Å². The molecule has 0 bridgehead atoms. The lowest BCUT2D eigenvalue weighted by Gasteiger charge is -2.38. The first-order valence-electron chi connectivity index (χ1n) is 11.0. The van der Waals surface area contributed by atoms with E-state index in [-0.39, 0.29) is 24.0 Å². The molecule has 2 aromatic heterocycles. The van der Waals surface area contributed by atoms with E-state index >= 15 is 0 Å². The Morgan fingerprint density at radius 2 is 1.84 bits per heavy atom. The molecule has 3 heterocycles. The van der Waals surface area contributed by atoms with E-state index in [1.54, 1.807) is 18.3 Å². The largest absolute Gasteiger partial charge is 0.472 e. The van der Waals surface area contributed by atoms with Crippen LogP contribution in [-0.2, 0) is 0 Å². The minimum absolute atomic E-state index is 0.0563. The molecule has 32 heavy (non-hydrogen) atoms. The SMILES string of the molecule is Cc1nccn1[C@H]1C[C@H]2CN(C(=O)Nc3ccc(F)cc3)C[C@H]2C[C@@H]1Oc1ccccn1. The third-order valence-electron chi connectivity index (χ3n) is 6.60. The van der Waals surface area contributed by atoms with Crippen molar-refractivity contribution in [3.05, 3.63) is 72.7 Å². The van der Waals surface area contributed by atoms with Gasteiger partial charge in [0.05, 0.1) is 6.04 Å². The fourth-order valence-electron chi connectivity index (χ4n) is 5.02. The minimum Gasteiger partial charge on any atom is -0.472 e. The zero-order chi connectivity index (χ0) is 22.1. The standard InChI is InChI=1S/C24H26FN5O2/c1-16-26-10-11-30(16)21-12-17-14-29(24(31)28-20-7-5-19(25)6-8-20)15-18(17)13-22(21)32-23-4-2-3-9-27-23/h2-11,17-18,21-22H,12-15H2,1H3,(H,28,31)/t17-,18+,21-,22-/m0/s1. The van der Waals surface area contributed by atoms with Crippen molar-refractivity contribution < 1.29 is 13.9 Å². The number of nitrogens with one attached hydrogen (secondary N) is 1. The van der Waals surface area contributed by atoms with E-state index in [2.05, 4.69) is 19.9 Å². The van der Waals surface area contributed by atoms with Crippen LogP contribution in [0.15, 0.2) is 61.1 Å². The highest BCUT2D eigenvalue weighted by Gasteiger charge is 2.45. The smallest absolute Gasteiger partial charge is 0.321 e. The van der Waals surface area contributed by atoms with Crippen molar-refractivity contribution in [2.24, 2.45) is 11.8 Å². The lowest BCUT2D eigenvalue weighted by Crippen LogP contribution is -2.40. The number of fused-ring (bicyclic) bond motifs is 1. The number of hydrogen-bond donors (Lipinski definition) is 1. The summed E-state index contributed by atoms with van der Waals surface area (Å²) in [6.45, 7) is 3.37. The first-order valence-corrected chi connectivity index (χ1v) is 11.0. The van der Waals surface area contributed by atoms with Gasteiger partial charge in [-0.25, -0.2) is 19.2 Å². The Morgan fingerprint density at radius 1 is 1.06 bits per heavy atom. The number of benzene rings is 1. The van der Waals surface area contributed by atoms with E-state index in [0.717, 1.165) is 18.7 Å². The molecule has 1 saturated carbocycles. The number of pyridine rings is 1. The summed E-state index contributed by atoms with van der Waals surface area (Å²) in [6, 6.07) is 11.5. The van der Waals surface area contributed by atoms with Crippen LogP contribution in [0, 0.1) is 24.6 Å². The van der Waals surface area contributed by atoms with Gasteiger partial charge < -0.3 is 19.5 Å². The molecule has 0 radical (unpaired) electrons. The van der Waals surface area contributed by atoms with Crippen molar-refractivity contribution in [3.8, 4) is 5.88 Å². The zero-order valence-electron chi connectivity index (χ0n) is 17.9. The maximum absolute atomic E-state index is 13.2. The Balaban J connectivity index is 1.32. The fourth-order valence-corrected chi connectivity index (χ4v) is 5.02. The molecule has 166 valence electrons. The van der Waals surface area contributed by atoms with Crippen molar-refractivity contribution in [1.82, 2.24) is 19.4 Å². The number of nitrogens with zero attached hydrogens (tertiary/aromatic N) is 4. The second kappa shape index (κ2) is 8.61. The van der Waals surface area contributed by atoms with Crippen LogP contribution in [-0.4, -0.2) is 44.7 Å². The van der Waals surface area contributed by atoms with Gasteiger partial charge in [0, 0.05) is 43.4 Å². The van der Waals surface area contributed by atoms with Crippen LogP contribution in [0.25, 0.3) is 0 Å². The maximum atomic E-state index is 13.2. The summed E-state index contributed by atoms with van der Waals surface area (Å²) < 4.78 is 21.7. The second-order valence-corrected chi connectivity index (χ2v) is 8.61. The molecule has 2 aliphatic rings. The lowest BCUT2D eigenvalue weighted by molar-refractivity contribution is 0.0504. The first kappa shape index (κ1) is 20.5. The van der Waals surface area contributed by atoms with Crippen molar-refractivity contribution in [3.63, 3.8) is 0 Å². The van der Waals surface area contributed by atoms with E-state index in [9.17, 15) is 9.18 Å². The monoisotopic (exact) mass is 435 g/mol. The van der Waals surface area contributed by atoms with Gasteiger partial charge in [0.25, 0.3) is 0 Å². The van der Waals surface area contributed by atoms with E-state index in [4.69, 9.17) is 4.74 Å². The van der Waals surface area contributed by atoms with Crippen molar-refractivity contribution in [2.45, 2.75) is 31.9 Å². The van der Waals surface area contributed by atoms with Crippen LogP contribution in [0.3, 0.4) is 0 Å². The van der Waals surface area contributed by atoms with Gasteiger partial charge in [0.1, 0.15) is 17.7 Å². The molecule has 1 saturated heterocycles. The Bertz CT molecular complexity index is 1070. The van der Waals surface area contributed by atoms with Crippen LogP contribution in [0.5, 0.6) is 5.88 Å². The van der Waals surface area contributed by atoms with Crippen molar-refractivity contribution >= 4 is 11.7 Å². The Kier molecular flexibility index (Phi) is 5.51. The maximum Gasteiger partial charge on any atom is 0.321 e. The molecular weight excluding hydrogens is 409 g/mol. The molecule has 5 rings (SSSR count). The number of anilines is 1. The predicted molar refractivity (Wildman–Crippen MR) is 118 cm³/mol. The third kappa shape index (κ3) is 4.17. The molecule has 2 fully saturated rings. The van der Waals surface area contributed by atoms with Crippen molar-refractivity contribution in [1.29, 1.82) is 0 Å². The summed E-state index contributed by atoms with van der Waals surface area (Å²) in [5.41, 5.74) is 0.592. The highest BCUT2D eigenvalue weighted by atomic mass is 19.1. The molecule has 3 aromatic rings. The summed E-state index contributed by atoms with van der Waals surface area (Å²) in [7, 11) is 0. The Morgan fingerprint density at radius 3 is 2.53 bits per heavy atom. The summed E-state index contributed by atoms with van der Waals surface area (Å²) in [5.74, 6) is 1.97. The van der Waals surface area contributed by atoms with E-state index in [0.29, 0.717) is 36.5 Å². The average molecular weight is 436 g/mol. The number of ether oxygens (including phenoxy) is 1. The molecule has 1 N–H and O–H groups in total. The average Bonchev–Trinajstić information content (AvgIpc) is 3.41. The predicted octanol–water partition coefficient (Wildman–Crippen LogP) is 4.29. The van der Waals surface area contributed by atoms with Crippen LogP contribution in [0.4, 0.5) is 14.9 Å². The number of imidazole rings is 1. The molecule has 8 heteroatoms. The lowest BCUT2D eigenvalue weighted by atomic mass is 9.77. The number of amides is 2. The van der Waals surface area contributed by atoms with Crippen LogP contribution in [0.1, 0.15) is 24.7 Å². The highest BCUT2D eigenvalue weighted by Crippen LogP contribution is 2.43. The third-order valence-corrected chi connectivity index (χ3v) is 6.60. The topological polar surface area (TPSA) is 72.3 Å². The van der Waals surface area contributed by atoms with Gasteiger partial charge in [-0.15, -0.1) is 0 Å². The first-order chi connectivity index (χ1) is 15.6. The van der Waals surface area contributed by atoms with Crippen LogP contribution in [0.2, 0.25) is 0 Å². The second-order valence-electron chi connectivity index (χ2n) is 8.61. The molecule has 1 aromatic carbocycles. The summed E-state index contributed by atoms with van der Waals surface area (Å²) in [5, 5.41) is 2.88. The van der Waals surface area contributed by atoms with E-state index in [1.165, 1.54) is 12.1 Å². The Hall–Kier alpha value is -3.42. The summed E-state index contributed by atoms with van der Waals surface area (Å²) in [4.78, 5) is 23.5. The van der Waals surface area contributed by atoms with E-state index < -0.39 is 0 Å². The van der Waals surface area contributed by atoms with Crippen LogP contribution >= 0.6 is 0 Å². The highest BCUT2D eigenvalue weighted by molar-refractivity contribution is 5.89. The molecule has 1 aliphatic carbocycles. The van der Waals surface area contributed by atoms with Gasteiger partial charge in [-0.3, -0.25) is 0 Å². The molecular formula is C24H26FN5O2.